The van der Waals surface area contributed by atoms with E-state index in [1.165, 1.54) is 0 Å². The highest BCUT2D eigenvalue weighted by atomic mass is 32.1. The fourth-order valence-electron chi connectivity index (χ4n) is 1.96. The van der Waals surface area contributed by atoms with Gasteiger partial charge in [-0.2, -0.15) is 0 Å². The SMILES string of the molecule is COc1ccc(-c2csc(CN)c2)c(OC)c1OC. The molecule has 19 heavy (non-hydrogen) atoms. The van der Waals surface area contributed by atoms with Gasteiger partial charge in [-0.3, -0.25) is 0 Å². The molecule has 0 fully saturated rings. The van der Waals surface area contributed by atoms with Crippen LogP contribution in [0.15, 0.2) is 23.6 Å². The van der Waals surface area contributed by atoms with Crippen LogP contribution in [0.1, 0.15) is 4.88 Å². The topological polar surface area (TPSA) is 53.7 Å². The second kappa shape index (κ2) is 5.95. The Kier molecular flexibility index (Phi) is 4.29. The number of rotatable bonds is 5. The maximum Gasteiger partial charge on any atom is 0.203 e. The molecule has 0 aliphatic carbocycles. The van der Waals surface area contributed by atoms with E-state index in [4.69, 9.17) is 19.9 Å². The van der Waals surface area contributed by atoms with Crippen LogP contribution in [0.4, 0.5) is 0 Å². The fourth-order valence-corrected chi connectivity index (χ4v) is 2.72. The van der Waals surface area contributed by atoms with E-state index in [1.807, 2.05) is 12.1 Å². The molecule has 0 radical (unpaired) electrons. The van der Waals surface area contributed by atoms with Crippen molar-refractivity contribution < 1.29 is 14.2 Å². The molecule has 2 rings (SSSR count). The van der Waals surface area contributed by atoms with Gasteiger partial charge in [0.1, 0.15) is 0 Å². The summed E-state index contributed by atoms with van der Waals surface area (Å²) in [6, 6.07) is 5.90. The highest BCUT2D eigenvalue weighted by Gasteiger charge is 2.17. The first-order valence-electron chi connectivity index (χ1n) is 5.82. The van der Waals surface area contributed by atoms with Crippen molar-refractivity contribution in [2.45, 2.75) is 6.54 Å². The molecule has 102 valence electrons. The summed E-state index contributed by atoms with van der Waals surface area (Å²) in [5, 5.41) is 2.06. The number of hydrogen-bond donors (Lipinski definition) is 1. The third-order valence-corrected chi connectivity index (χ3v) is 3.83. The van der Waals surface area contributed by atoms with Crippen molar-refractivity contribution >= 4 is 11.3 Å². The molecule has 1 aromatic heterocycles. The predicted octanol–water partition coefficient (Wildman–Crippen LogP) is 2.90. The largest absolute Gasteiger partial charge is 0.493 e. The lowest BCUT2D eigenvalue weighted by atomic mass is 10.1. The summed E-state index contributed by atoms with van der Waals surface area (Å²) < 4.78 is 16.1. The number of thiophene rings is 1. The summed E-state index contributed by atoms with van der Waals surface area (Å²) in [7, 11) is 4.83. The zero-order valence-corrected chi connectivity index (χ0v) is 12.0. The van der Waals surface area contributed by atoms with Gasteiger partial charge in [0.2, 0.25) is 5.75 Å². The summed E-state index contributed by atoms with van der Waals surface area (Å²) in [4.78, 5) is 1.13. The van der Waals surface area contributed by atoms with Crippen LogP contribution >= 0.6 is 11.3 Å². The summed E-state index contributed by atoms with van der Waals surface area (Å²) in [6.07, 6.45) is 0. The van der Waals surface area contributed by atoms with Crippen LogP contribution in [-0.2, 0) is 6.54 Å². The van der Waals surface area contributed by atoms with Crippen LogP contribution in [0.2, 0.25) is 0 Å². The van der Waals surface area contributed by atoms with Crippen molar-refractivity contribution in [2.75, 3.05) is 21.3 Å². The number of nitrogens with two attached hydrogens (primary N) is 1. The number of methoxy groups -OCH3 is 3. The predicted molar refractivity (Wildman–Crippen MR) is 77.3 cm³/mol. The van der Waals surface area contributed by atoms with E-state index >= 15 is 0 Å². The van der Waals surface area contributed by atoms with Crippen molar-refractivity contribution in [1.82, 2.24) is 0 Å². The third kappa shape index (κ3) is 2.52. The molecule has 0 saturated carbocycles. The zero-order valence-electron chi connectivity index (χ0n) is 11.2. The van der Waals surface area contributed by atoms with Gasteiger partial charge in [-0.05, 0) is 29.1 Å². The minimum atomic E-state index is 0.542. The van der Waals surface area contributed by atoms with Gasteiger partial charge in [0, 0.05) is 17.0 Å². The molecule has 0 amide bonds. The molecule has 2 N–H and O–H groups in total. The highest BCUT2D eigenvalue weighted by Crippen LogP contribution is 2.44. The highest BCUT2D eigenvalue weighted by molar-refractivity contribution is 7.10. The van der Waals surface area contributed by atoms with Crippen molar-refractivity contribution in [3.63, 3.8) is 0 Å². The maximum absolute atomic E-state index is 5.65. The van der Waals surface area contributed by atoms with E-state index in [0.717, 1.165) is 16.0 Å². The molecule has 0 aliphatic heterocycles. The first-order chi connectivity index (χ1) is 9.24. The average Bonchev–Trinajstić information content (AvgIpc) is 2.94. The Morgan fingerprint density at radius 2 is 1.79 bits per heavy atom. The lowest BCUT2D eigenvalue weighted by Crippen LogP contribution is -1.96. The monoisotopic (exact) mass is 279 g/mol. The lowest BCUT2D eigenvalue weighted by Gasteiger charge is -2.15. The van der Waals surface area contributed by atoms with Gasteiger partial charge in [-0.25, -0.2) is 0 Å². The molecule has 0 bridgehead atoms. The molecule has 1 aromatic carbocycles. The second-order valence-corrected chi connectivity index (χ2v) is 4.88. The summed E-state index contributed by atoms with van der Waals surface area (Å²) in [6.45, 7) is 0.542. The van der Waals surface area contributed by atoms with E-state index in [-0.39, 0.29) is 0 Å². The summed E-state index contributed by atoms with van der Waals surface area (Å²) in [5.41, 5.74) is 7.69. The van der Waals surface area contributed by atoms with E-state index in [1.54, 1.807) is 32.7 Å². The van der Waals surface area contributed by atoms with Crippen LogP contribution < -0.4 is 19.9 Å². The quantitative estimate of drug-likeness (QED) is 0.914. The second-order valence-electron chi connectivity index (χ2n) is 3.89. The van der Waals surface area contributed by atoms with Crippen LogP contribution in [0.3, 0.4) is 0 Å². The van der Waals surface area contributed by atoms with Gasteiger partial charge in [-0.1, -0.05) is 0 Å². The zero-order chi connectivity index (χ0) is 13.8. The van der Waals surface area contributed by atoms with E-state index in [0.29, 0.717) is 23.8 Å². The Morgan fingerprint density at radius 1 is 1.05 bits per heavy atom. The van der Waals surface area contributed by atoms with Crippen molar-refractivity contribution in [2.24, 2.45) is 5.73 Å². The maximum atomic E-state index is 5.65. The average molecular weight is 279 g/mol. The minimum Gasteiger partial charge on any atom is -0.493 e. The smallest absolute Gasteiger partial charge is 0.203 e. The van der Waals surface area contributed by atoms with Gasteiger partial charge in [-0.15, -0.1) is 11.3 Å². The molecular formula is C14H17NO3S. The molecule has 1 heterocycles. The number of ether oxygens (including phenoxy) is 3. The molecule has 0 aliphatic rings. The number of benzene rings is 1. The Bertz CT molecular complexity index is 566. The van der Waals surface area contributed by atoms with Gasteiger partial charge >= 0.3 is 0 Å². The normalized spacial score (nSPS) is 10.3. The van der Waals surface area contributed by atoms with Crippen molar-refractivity contribution in [3.8, 4) is 28.4 Å². The van der Waals surface area contributed by atoms with Gasteiger partial charge in [0.05, 0.1) is 21.3 Å². The molecule has 0 atom stereocenters. The molecular weight excluding hydrogens is 262 g/mol. The Balaban J connectivity index is 2.56. The summed E-state index contributed by atoms with van der Waals surface area (Å²) in [5.74, 6) is 1.92. The first kappa shape index (κ1) is 13.7. The van der Waals surface area contributed by atoms with E-state index in [2.05, 4.69) is 11.4 Å². The molecule has 5 heteroatoms. The lowest BCUT2D eigenvalue weighted by molar-refractivity contribution is 0.325. The van der Waals surface area contributed by atoms with E-state index < -0.39 is 0 Å². The molecule has 0 spiro atoms. The van der Waals surface area contributed by atoms with E-state index in [9.17, 15) is 0 Å². The Labute approximate surface area is 116 Å². The fraction of sp³-hybridized carbons (Fsp3) is 0.286. The molecule has 2 aromatic rings. The summed E-state index contributed by atoms with van der Waals surface area (Å²) >= 11 is 1.63. The molecule has 4 nitrogen and oxygen atoms in total. The van der Waals surface area contributed by atoms with Crippen LogP contribution in [-0.4, -0.2) is 21.3 Å². The van der Waals surface area contributed by atoms with Gasteiger partial charge in [0.15, 0.2) is 11.5 Å². The van der Waals surface area contributed by atoms with Crippen LogP contribution in [0, 0.1) is 0 Å². The van der Waals surface area contributed by atoms with Crippen LogP contribution in [0.5, 0.6) is 17.2 Å². The van der Waals surface area contributed by atoms with Crippen molar-refractivity contribution in [3.05, 3.63) is 28.5 Å². The number of hydrogen-bond acceptors (Lipinski definition) is 5. The standard InChI is InChI=1S/C14H17NO3S/c1-16-12-5-4-11(13(17-2)14(12)18-3)9-6-10(7-15)19-8-9/h4-6,8H,7,15H2,1-3H3. The minimum absolute atomic E-state index is 0.542. The first-order valence-corrected chi connectivity index (χ1v) is 6.70. The van der Waals surface area contributed by atoms with Crippen molar-refractivity contribution in [1.29, 1.82) is 0 Å². The molecule has 0 unspecified atom stereocenters. The molecule has 0 saturated heterocycles. The van der Waals surface area contributed by atoms with Gasteiger partial charge in [0.25, 0.3) is 0 Å². The Hall–Kier alpha value is -1.72. The van der Waals surface area contributed by atoms with Gasteiger partial charge < -0.3 is 19.9 Å². The third-order valence-electron chi connectivity index (χ3n) is 2.87. The van der Waals surface area contributed by atoms with Crippen LogP contribution in [0.25, 0.3) is 11.1 Å². The Morgan fingerprint density at radius 3 is 2.32 bits per heavy atom.